The molecule has 140 valence electrons. The molecule has 2 aliphatic rings. The summed E-state index contributed by atoms with van der Waals surface area (Å²) in [6, 6.07) is 1.69. The highest BCUT2D eigenvalue weighted by Crippen LogP contribution is 2.21. The zero-order chi connectivity index (χ0) is 18.1. The van der Waals surface area contributed by atoms with E-state index in [-0.39, 0.29) is 5.56 Å². The van der Waals surface area contributed by atoms with E-state index >= 15 is 0 Å². The summed E-state index contributed by atoms with van der Waals surface area (Å²) >= 11 is 0. The third kappa shape index (κ3) is 3.58. The first-order chi connectivity index (χ1) is 12.6. The highest BCUT2D eigenvalue weighted by atomic mass is 16.1. The summed E-state index contributed by atoms with van der Waals surface area (Å²) < 4.78 is 4.06. The molecule has 1 fully saturated rings. The minimum atomic E-state index is 0.0742. The van der Waals surface area contributed by atoms with Crippen molar-refractivity contribution in [2.75, 3.05) is 13.1 Å². The molecule has 0 atom stereocenters. The molecule has 0 spiro atoms. The van der Waals surface area contributed by atoms with Crippen LogP contribution in [0.25, 0.3) is 0 Å². The average Bonchev–Trinajstić information content (AvgIpc) is 3.23. The fourth-order valence-electron chi connectivity index (χ4n) is 4.03. The molecule has 0 aromatic carbocycles. The van der Waals surface area contributed by atoms with Gasteiger partial charge in [-0.2, -0.15) is 0 Å². The Balaban J connectivity index is 1.32. The van der Waals surface area contributed by atoms with Crippen molar-refractivity contribution in [3.05, 3.63) is 40.1 Å². The van der Waals surface area contributed by atoms with Gasteiger partial charge in [-0.15, -0.1) is 10.2 Å². The second kappa shape index (κ2) is 7.31. The Labute approximate surface area is 154 Å². The van der Waals surface area contributed by atoms with Crippen molar-refractivity contribution < 1.29 is 0 Å². The largest absolute Gasteiger partial charge is 0.314 e. The van der Waals surface area contributed by atoms with Gasteiger partial charge in [0.25, 0.3) is 5.56 Å². The van der Waals surface area contributed by atoms with Crippen LogP contribution in [0.2, 0.25) is 0 Å². The lowest BCUT2D eigenvalue weighted by molar-refractivity contribution is 0.161. The van der Waals surface area contributed by atoms with Gasteiger partial charge in [-0.3, -0.25) is 14.3 Å². The Hall–Kier alpha value is -2.02. The van der Waals surface area contributed by atoms with Crippen LogP contribution in [0.3, 0.4) is 0 Å². The Bertz CT molecular complexity index is 816. The van der Waals surface area contributed by atoms with Crippen molar-refractivity contribution in [3.63, 3.8) is 0 Å². The summed E-state index contributed by atoms with van der Waals surface area (Å²) in [5, 5.41) is 8.67. The molecule has 7 heteroatoms. The van der Waals surface area contributed by atoms with Gasteiger partial charge in [-0.25, -0.2) is 4.98 Å². The fraction of sp³-hybridized carbons (Fsp3) is 0.684. The molecule has 7 nitrogen and oxygen atoms in total. The number of hydrogen-bond acceptors (Lipinski definition) is 5. The van der Waals surface area contributed by atoms with Crippen LogP contribution in [0.1, 0.15) is 56.4 Å². The second-order valence-corrected chi connectivity index (χ2v) is 7.97. The number of aromatic nitrogens is 5. The molecule has 2 aliphatic heterocycles. The average molecular weight is 356 g/mol. The molecule has 0 amide bonds. The van der Waals surface area contributed by atoms with Crippen LogP contribution in [-0.2, 0) is 26.1 Å². The lowest BCUT2D eigenvalue weighted by Crippen LogP contribution is -2.36. The molecule has 1 saturated heterocycles. The Morgan fingerprint density at radius 1 is 1.19 bits per heavy atom. The van der Waals surface area contributed by atoms with E-state index in [1.54, 1.807) is 17.0 Å². The smallest absolute Gasteiger partial charge is 0.253 e. The van der Waals surface area contributed by atoms with Gasteiger partial charge in [0, 0.05) is 25.6 Å². The van der Waals surface area contributed by atoms with Gasteiger partial charge in [0.05, 0.1) is 18.6 Å². The number of hydrogen-bond donors (Lipinski definition) is 0. The summed E-state index contributed by atoms with van der Waals surface area (Å²) in [5.74, 6) is 3.09. The third-order valence-electron chi connectivity index (χ3n) is 5.71. The quantitative estimate of drug-likeness (QED) is 0.817. The number of likely N-dealkylation sites (tertiary alicyclic amines) is 1. The van der Waals surface area contributed by atoms with Gasteiger partial charge in [-0.05, 0) is 44.2 Å². The number of piperidine rings is 1. The first-order valence-corrected chi connectivity index (χ1v) is 9.80. The highest BCUT2D eigenvalue weighted by Gasteiger charge is 2.23. The van der Waals surface area contributed by atoms with Crippen LogP contribution >= 0.6 is 0 Å². The highest BCUT2D eigenvalue weighted by molar-refractivity contribution is 5.04. The molecule has 4 heterocycles. The van der Waals surface area contributed by atoms with E-state index in [0.717, 1.165) is 69.3 Å². The maximum absolute atomic E-state index is 12.3. The first-order valence-electron chi connectivity index (χ1n) is 9.80. The zero-order valence-electron chi connectivity index (χ0n) is 15.8. The van der Waals surface area contributed by atoms with Gasteiger partial charge in [0.15, 0.2) is 0 Å². The second-order valence-electron chi connectivity index (χ2n) is 7.97. The summed E-state index contributed by atoms with van der Waals surface area (Å²) in [5.41, 5.74) is 0.951. The molecule has 2 aromatic heterocycles. The topological polar surface area (TPSA) is 68.8 Å². The van der Waals surface area contributed by atoms with Crippen molar-refractivity contribution in [3.8, 4) is 0 Å². The Morgan fingerprint density at radius 2 is 2.00 bits per heavy atom. The van der Waals surface area contributed by atoms with Gasteiger partial charge in [0.2, 0.25) is 0 Å². The molecule has 0 bridgehead atoms. The Morgan fingerprint density at radius 3 is 2.73 bits per heavy atom. The minimum absolute atomic E-state index is 0.0742. The molecular weight excluding hydrogens is 328 g/mol. The molecule has 0 unspecified atom stereocenters. The van der Waals surface area contributed by atoms with Crippen LogP contribution in [0.5, 0.6) is 0 Å². The van der Waals surface area contributed by atoms with Crippen molar-refractivity contribution in [1.82, 2.24) is 29.2 Å². The SMILES string of the molecule is CC(C)c1cc(=O)n(CC2CCN(Cc3nnc4n3CCC4)CC2)cn1. The van der Waals surface area contributed by atoms with E-state index in [4.69, 9.17) is 0 Å². The Kier molecular flexibility index (Phi) is 4.89. The summed E-state index contributed by atoms with van der Waals surface area (Å²) in [6.45, 7) is 8.97. The van der Waals surface area contributed by atoms with Gasteiger partial charge in [-0.1, -0.05) is 13.8 Å². The van der Waals surface area contributed by atoms with Gasteiger partial charge in [0.1, 0.15) is 11.6 Å². The summed E-state index contributed by atoms with van der Waals surface area (Å²) in [7, 11) is 0. The van der Waals surface area contributed by atoms with Gasteiger partial charge >= 0.3 is 0 Å². The molecule has 26 heavy (non-hydrogen) atoms. The van der Waals surface area contributed by atoms with E-state index in [1.165, 1.54) is 6.42 Å². The van der Waals surface area contributed by atoms with Crippen molar-refractivity contribution in [2.45, 2.75) is 65.1 Å². The molecule has 0 radical (unpaired) electrons. The summed E-state index contributed by atoms with van der Waals surface area (Å²) in [4.78, 5) is 19.2. The van der Waals surface area contributed by atoms with E-state index < -0.39 is 0 Å². The predicted molar refractivity (Wildman–Crippen MR) is 98.9 cm³/mol. The van der Waals surface area contributed by atoms with E-state index in [1.807, 2.05) is 0 Å². The number of rotatable bonds is 5. The zero-order valence-corrected chi connectivity index (χ0v) is 15.8. The standard InChI is InChI=1S/C19H28N6O/c1-14(2)16-10-19(26)24(13-20-16)11-15-5-8-23(9-6-15)12-18-22-21-17-4-3-7-25(17)18/h10,13-15H,3-9,11-12H2,1-2H3. The first kappa shape index (κ1) is 17.4. The van der Waals surface area contributed by atoms with Crippen LogP contribution in [0.15, 0.2) is 17.2 Å². The van der Waals surface area contributed by atoms with Crippen LogP contribution in [0, 0.1) is 5.92 Å². The maximum Gasteiger partial charge on any atom is 0.253 e. The lowest BCUT2D eigenvalue weighted by Gasteiger charge is -2.31. The molecular formula is C19H28N6O. The number of nitrogens with zero attached hydrogens (tertiary/aromatic N) is 6. The monoisotopic (exact) mass is 356 g/mol. The number of aryl methyl sites for hydroxylation is 1. The van der Waals surface area contributed by atoms with Crippen LogP contribution in [0.4, 0.5) is 0 Å². The lowest BCUT2D eigenvalue weighted by atomic mass is 9.96. The van der Waals surface area contributed by atoms with Crippen LogP contribution < -0.4 is 5.56 Å². The normalized spacial score (nSPS) is 18.6. The third-order valence-corrected chi connectivity index (χ3v) is 5.71. The van der Waals surface area contributed by atoms with E-state index in [9.17, 15) is 4.79 Å². The molecule has 0 N–H and O–H groups in total. The van der Waals surface area contributed by atoms with E-state index in [0.29, 0.717) is 11.8 Å². The number of fused-ring (bicyclic) bond motifs is 1. The van der Waals surface area contributed by atoms with E-state index in [2.05, 4.69) is 38.5 Å². The molecule has 4 rings (SSSR count). The fourth-order valence-corrected chi connectivity index (χ4v) is 4.03. The van der Waals surface area contributed by atoms with Crippen molar-refractivity contribution >= 4 is 0 Å². The van der Waals surface area contributed by atoms with Gasteiger partial charge < -0.3 is 4.57 Å². The molecule has 0 saturated carbocycles. The van der Waals surface area contributed by atoms with Crippen molar-refractivity contribution in [1.29, 1.82) is 0 Å². The van der Waals surface area contributed by atoms with Crippen molar-refractivity contribution in [2.24, 2.45) is 5.92 Å². The molecule has 0 aliphatic carbocycles. The predicted octanol–water partition coefficient (Wildman–Crippen LogP) is 1.82. The minimum Gasteiger partial charge on any atom is -0.314 e. The van der Waals surface area contributed by atoms with Crippen LogP contribution in [-0.4, -0.2) is 42.3 Å². The maximum atomic E-state index is 12.3. The summed E-state index contributed by atoms with van der Waals surface area (Å²) in [6.07, 6.45) is 6.20. The molecule has 2 aromatic rings.